The fourth-order valence-electron chi connectivity index (χ4n) is 4.37. The van der Waals surface area contributed by atoms with Crippen LogP contribution in [0.4, 0.5) is 27.1 Å². The lowest BCUT2D eigenvalue weighted by molar-refractivity contribution is -0.387. The molecule has 0 aliphatic carbocycles. The quantitative estimate of drug-likeness (QED) is 0.0799. The molecule has 0 bridgehead atoms. The molecule has 44 heavy (non-hydrogen) atoms. The van der Waals surface area contributed by atoms with Gasteiger partial charge in [0.1, 0.15) is 23.4 Å². The van der Waals surface area contributed by atoms with Gasteiger partial charge in [0.05, 0.1) is 22.0 Å². The fraction of sp³-hybridized carbons (Fsp3) is 0.188. The van der Waals surface area contributed by atoms with E-state index in [1.807, 2.05) is 69.3 Å². The predicted octanol–water partition coefficient (Wildman–Crippen LogP) is 7.07. The zero-order valence-corrected chi connectivity index (χ0v) is 24.2. The molecule has 12 heteroatoms. The van der Waals surface area contributed by atoms with Crippen molar-refractivity contribution >= 4 is 39.8 Å². The van der Waals surface area contributed by atoms with Gasteiger partial charge in [-0.2, -0.15) is 4.39 Å². The van der Waals surface area contributed by atoms with Crippen molar-refractivity contribution in [2.75, 3.05) is 22.9 Å². The van der Waals surface area contributed by atoms with Crippen molar-refractivity contribution in [1.82, 2.24) is 4.98 Å². The molecule has 0 spiro atoms. The van der Waals surface area contributed by atoms with E-state index in [0.29, 0.717) is 28.0 Å². The van der Waals surface area contributed by atoms with Gasteiger partial charge in [-0.1, -0.05) is 30.3 Å². The summed E-state index contributed by atoms with van der Waals surface area (Å²) >= 11 is 0. The molecule has 4 aromatic carbocycles. The number of nitrogens with zero attached hydrogens (tertiary/aromatic N) is 2. The molecule has 11 nitrogen and oxygen atoms in total. The number of oxazole rings is 1. The Balaban J connectivity index is 0.000000181. The highest BCUT2D eigenvalue weighted by molar-refractivity contribution is 5.78. The number of fused-ring (bicyclic) bond motifs is 2. The number of aromatic nitrogens is 1. The number of hydrogen-bond donors (Lipinski definition) is 3. The van der Waals surface area contributed by atoms with Gasteiger partial charge in [0.15, 0.2) is 11.8 Å². The highest BCUT2D eigenvalue weighted by Crippen LogP contribution is 2.38. The molecule has 226 valence electrons. The van der Waals surface area contributed by atoms with Crippen LogP contribution in [0.5, 0.6) is 5.75 Å². The molecule has 4 N–H and O–H groups in total. The van der Waals surface area contributed by atoms with E-state index in [-0.39, 0.29) is 24.6 Å². The summed E-state index contributed by atoms with van der Waals surface area (Å²) in [5, 5.41) is 17.0. The number of anilines is 3. The van der Waals surface area contributed by atoms with Gasteiger partial charge in [0, 0.05) is 17.2 Å². The van der Waals surface area contributed by atoms with E-state index in [2.05, 4.69) is 15.6 Å². The number of nitrogen functional groups attached to an aromatic ring is 1. The van der Waals surface area contributed by atoms with Gasteiger partial charge >= 0.3 is 11.7 Å². The van der Waals surface area contributed by atoms with E-state index in [1.165, 1.54) is 6.07 Å². The van der Waals surface area contributed by atoms with E-state index < -0.39 is 22.0 Å². The Bertz CT molecular complexity index is 1780. The largest absolute Gasteiger partial charge is 0.464 e. The number of nitrogens with one attached hydrogen (secondary N) is 2. The maximum atomic E-state index is 13.2. The van der Waals surface area contributed by atoms with Crippen LogP contribution in [-0.2, 0) is 9.53 Å². The number of hydrogen-bond acceptors (Lipinski definition) is 10. The highest BCUT2D eigenvalue weighted by atomic mass is 19.1. The number of para-hydroxylation sites is 4. The first-order valence-corrected chi connectivity index (χ1v) is 13.6. The lowest BCUT2D eigenvalue weighted by Crippen LogP contribution is -2.28. The van der Waals surface area contributed by atoms with Crippen LogP contribution >= 0.6 is 0 Å². The van der Waals surface area contributed by atoms with Crippen LogP contribution in [0.3, 0.4) is 0 Å². The topological polar surface area (TPSA) is 155 Å². The summed E-state index contributed by atoms with van der Waals surface area (Å²) in [7, 11) is 0. The number of nitrogens with two attached hydrogens (primary N) is 1. The molecule has 0 amide bonds. The molecule has 6 rings (SSSR count). The van der Waals surface area contributed by atoms with E-state index >= 15 is 0 Å². The van der Waals surface area contributed by atoms with Gasteiger partial charge in [-0.25, -0.2) is 4.98 Å². The van der Waals surface area contributed by atoms with Crippen LogP contribution in [0.25, 0.3) is 22.6 Å². The number of esters is 1. The summed E-state index contributed by atoms with van der Waals surface area (Å²) < 4.78 is 29.9. The minimum atomic E-state index is -0.884. The Morgan fingerprint density at radius 2 is 1.84 bits per heavy atom. The molecule has 1 unspecified atom stereocenters. The van der Waals surface area contributed by atoms with E-state index in [1.54, 1.807) is 18.2 Å². The third kappa shape index (κ3) is 7.04. The SMILES string of the molecule is CC(C)(C)OC(=O)CNc1ccc(C2Nc3ccccc3O2)cc1N.O=[N+]([O-])c1cc(-c2nc3ccccc3o2)ccc1F. The highest BCUT2D eigenvalue weighted by Gasteiger charge is 2.23. The number of ether oxygens (including phenoxy) is 2. The number of carbonyl (C=O) groups excluding carboxylic acids is 1. The van der Waals surface area contributed by atoms with Crippen molar-refractivity contribution in [2.45, 2.75) is 32.6 Å². The Morgan fingerprint density at radius 3 is 2.55 bits per heavy atom. The van der Waals surface area contributed by atoms with Gasteiger partial charge < -0.3 is 30.3 Å². The van der Waals surface area contributed by atoms with Crippen LogP contribution in [0.1, 0.15) is 32.6 Å². The smallest absolute Gasteiger partial charge is 0.325 e. The minimum Gasteiger partial charge on any atom is -0.464 e. The van der Waals surface area contributed by atoms with E-state index in [0.717, 1.165) is 29.1 Å². The molecule has 2 heterocycles. The molecule has 1 aliphatic heterocycles. The summed E-state index contributed by atoms with van der Waals surface area (Å²) in [4.78, 5) is 25.9. The lowest BCUT2D eigenvalue weighted by atomic mass is 10.1. The normalized spacial score (nSPS) is 13.6. The molecule has 0 fully saturated rings. The van der Waals surface area contributed by atoms with Crippen molar-refractivity contribution in [3.8, 4) is 17.2 Å². The number of nitro groups is 1. The predicted molar refractivity (Wildman–Crippen MR) is 165 cm³/mol. The first-order chi connectivity index (χ1) is 21.0. The standard InChI is InChI=1S/C19H23N3O3.C13H7FN2O3/c1-19(2,3)25-17(23)11-21-14-9-8-12(10-13(14)20)18-22-15-6-4-5-7-16(15)24-18;14-9-6-5-8(7-11(9)16(17)18)13-15-10-3-1-2-4-12(10)19-13/h4-10,18,21-22H,11,20H2,1-3H3;1-7H. The maximum Gasteiger partial charge on any atom is 0.325 e. The summed E-state index contributed by atoms with van der Waals surface area (Å²) in [5.74, 6) is -0.167. The lowest BCUT2D eigenvalue weighted by Gasteiger charge is -2.20. The average molecular weight is 600 g/mol. The third-order valence-electron chi connectivity index (χ3n) is 6.32. The van der Waals surface area contributed by atoms with Crippen LogP contribution in [-0.4, -0.2) is 28.0 Å². The zero-order valence-electron chi connectivity index (χ0n) is 24.2. The van der Waals surface area contributed by atoms with E-state index in [9.17, 15) is 19.3 Å². The monoisotopic (exact) mass is 599 g/mol. The number of carbonyl (C=O) groups is 1. The molecular weight excluding hydrogens is 569 g/mol. The molecule has 1 aromatic heterocycles. The Hall–Kier alpha value is -5.65. The first kappa shape index (κ1) is 29.8. The number of benzene rings is 4. The molecule has 1 aliphatic rings. The minimum absolute atomic E-state index is 0.0600. The van der Waals surface area contributed by atoms with Crippen LogP contribution in [0.15, 0.2) is 89.3 Å². The fourth-order valence-corrected chi connectivity index (χ4v) is 4.37. The van der Waals surface area contributed by atoms with Gasteiger partial charge in [0.25, 0.3) is 0 Å². The van der Waals surface area contributed by atoms with Crippen molar-refractivity contribution in [1.29, 1.82) is 0 Å². The number of nitro benzene ring substituents is 1. The molecule has 0 saturated carbocycles. The second-order valence-corrected chi connectivity index (χ2v) is 10.8. The summed E-state index contributed by atoms with van der Waals surface area (Å²) in [6.45, 7) is 5.56. The zero-order chi connectivity index (χ0) is 31.4. The molecule has 1 atom stereocenters. The van der Waals surface area contributed by atoms with Crippen molar-refractivity contribution in [3.05, 3.63) is 106 Å². The molecule has 5 aromatic rings. The Kier molecular flexibility index (Phi) is 8.34. The van der Waals surface area contributed by atoms with Crippen molar-refractivity contribution in [2.24, 2.45) is 0 Å². The summed E-state index contributed by atoms with van der Waals surface area (Å²) in [5.41, 5.74) is 9.69. The van der Waals surface area contributed by atoms with Crippen LogP contribution in [0.2, 0.25) is 0 Å². The van der Waals surface area contributed by atoms with Gasteiger partial charge in [-0.15, -0.1) is 0 Å². The Morgan fingerprint density at radius 1 is 1.09 bits per heavy atom. The molecular formula is C32H30FN5O6. The number of rotatable bonds is 6. The first-order valence-electron chi connectivity index (χ1n) is 13.6. The molecule has 0 saturated heterocycles. The van der Waals surface area contributed by atoms with Crippen LogP contribution in [0, 0.1) is 15.9 Å². The van der Waals surface area contributed by atoms with Gasteiger partial charge in [0.2, 0.25) is 11.7 Å². The van der Waals surface area contributed by atoms with Crippen molar-refractivity contribution < 1.29 is 28.0 Å². The Labute approximate surface area is 251 Å². The summed E-state index contributed by atoms with van der Waals surface area (Å²) in [6.07, 6.45) is -0.278. The van der Waals surface area contributed by atoms with Gasteiger partial charge in [-0.05, 0) is 69.3 Å². The second-order valence-electron chi connectivity index (χ2n) is 10.8. The second kappa shape index (κ2) is 12.3. The van der Waals surface area contributed by atoms with Gasteiger partial charge in [-0.3, -0.25) is 14.9 Å². The van der Waals surface area contributed by atoms with Crippen molar-refractivity contribution in [3.63, 3.8) is 0 Å². The van der Waals surface area contributed by atoms with E-state index in [4.69, 9.17) is 19.6 Å². The maximum absolute atomic E-state index is 13.2. The number of halogens is 1. The van der Waals surface area contributed by atoms with Crippen LogP contribution < -0.4 is 21.1 Å². The molecule has 0 radical (unpaired) electrons. The third-order valence-corrected chi connectivity index (χ3v) is 6.32. The summed E-state index contributed by atoms with van der Waals surface area (Å²) in [6, 6.07) is 24.0. The average Bonchev–Trinajstić information content (AvgIpc) is 3.61.